The predicted molar refractivity (Wildman–Crippen MR) is 117 cm³/mol. The molecule has 0 aliphatic carbocycles. The maximum atomic E-state index is 5.62. The van der Waals surface area contributed by atoms with Gasteiger partial charge in [-0.1, -0.05) is 6.07 Å². The van der Waals surface area contributed by atoms with Crippen molar-refractivity contribution in [2.75, 3.05) is 7.11 Å². The van der Waals surface area contributed by atoms with Crippen molar-refractivity contribution in [2.24, 2.45) is 0 Å². The number of methoxy groups -OCH3 is 1. The van der Waals surface area contributed by atoms with Gasteiger partial charge in [0, 0.05) is 60.8 Å². The van der Waals surface area contributed by atoms with E-state index in [1.54, 1.807) is 7.11 Å². The van der Waals surface area contributed by atoms with Crippen LogP contribution in [-0.2, 0) is 19.5 Å². The molecule has 3 aromatic heterocycles. The fourth-order valence-corrected chi connectivity index (χ4v) is 5.39. The van der Waals surface area contributed by atoms with Gasteiger partial charge in [-0.2, -0.15) is 5.10 Å². The smallest absolute Gasteiger partial charge is 0.155 e. The van der Waals surface area contributed by atoms with Crippen molar-refractivity contribution in [3.05, 3.63) is 77.3 Å². The maximum Gasteiger partial charge on any atom is 0.155 e. The third kappa shape index (κ3) is 3.11. The van der Waals surface area contributed by atoms with Gasteiger partial charge in [0.2, 0.25) is 0 Å². The summed E-state index contributed by atoms with van der Waals surface area (Å²) in [6.07, 6.45) is 11.2. The third-order valence-electron chi connectivity index (χ3n) is 6.79. The van der Waals surface area contributed by atoms with Gasteiger partial charge in [0.25, 0.3) is 0 Å². The molecule has 2 aliphatic rings. The summed E-state index contributed by atoms with van der Waals surface area (Å²) in [6.45, 7) is 3.73. The molecule has 1 aromatic carbocycles. The first-order chi connectivity index (χ1) is 15.2. The molecular formula is C24H26N6O. The number of aryl methyl sites for hydroxylation is 1. The lowest BCUT2D eigenvalue weighted by atomic mass is 9.98. The Bertz CT molecular complexity index is 1240. The van der Waals surface area contributed by atoms with E-state index >= 15 is 0 Å². The Kier molecular flexibility index (Phi) is 4.31. The predicted octanol–water partition coefficient (Wildman–Crippen LogP) is 3.55. The minimum atomic E-state index is 0.411. The van der Waals surface area contributed by atoms with E-state index in [4.69, 9.17) is 14.8 Å². The van der Waals surface area contributed by atoms with Gasteiger partial charge in [0.05, 0.1) is 31.4 Å². The zero-order valence-corrected chi connectivity index (χ0v) is 17.9. The first kappa shape index (κ1) is 18.6. The highest BCUT2D eigenvalue weighted by Gasteiger charge is 2.41. The highest BCUT2D eigenvalue weighted by molar-refractivity contribution is 5.44. The van der Waals surface area contributed by atoms with Crippen LogP contribution in [0.5, 0.6) is 5.75 Å². The van der Waals surface area contributed by atoms with Crippen LogP contribution in [0, 0.1) is 6.92 Å². The molecule has 4 aromatic rings. The van der Waals surface area contributed by atoms with E-state index in [1.165, 1.54) is 35.2 Å². The van der Waals surface area contributed by atoms with Crippen LogP contribution in [0.1, 0.15) is 47.0 Å². The molecular weight excluding hydrogens is 388 g/mol. The molecule has 2 bridgehead atoms. The molecule has 2 unspecified atom stereocenters. The van der Waals surface area contributed by atoms with E-state index in [0.717, 1.165) is 36.6 Å². The van der Waals surface area contributed by atoms with E-state index in [2.05, 4.69) is 49.4 Å². The Morgan fingerprint density at radius 2 is 2.10 bits per heavy atom. The van der Waals surface area contributed by atoms with Crippen molar-refractivity contribution in [2.45, 2.75) is 51.4 Å². The van der Waals surface area contributed by atoms with Crippen LogP contribution in [0.3, 0.4) is 0 Å². The van der Waals surface area contributed by atoms with E-state index < -0.39 is 0 Å². The van der Waals surface area contributed by atoms with Gasteiger partial charge in [-0.05, 0) is 37.5 Å². The van der Waals surface area contributed by atoms with Crippen LogP contribution in [0.4, 0.5) is 0 Å². The molecule has 2 atom stereocenters. The van der Waals surface area contributed by atoms with Gasteiger partial charge in [-0.15, -0.1) is 0 Å². The van der Waals surface area contributed by atoms with E-state index in [-0.39, 0.29) is 0 Å². The lowest BCUT2D eigenvalue weighted by Crippen LogP contribution is -2.38. The van der Waals surface area contributed by atoms with Crippen LogP contribution >= 0.6 is 0 Å². The summed E-state index contributed by atoms with van der Waals surface area (Å²) in [5, 5.41) is 4.71. The van der Waals surface area contributed by atoms with Crippen molar-refractivity contribution in [3.8, 4) is 5.75 Å². The first-order valence-electron chi connectivity index (χ1n) is 10.9. The summed E-state index contributed by atoms with van der Waals surface area (Å²) in [5.74, 6) is 0.921. The van der Waals surface area contributed by atoms with Crippen molar-refractivity contribution in [3.63, 3.8) is 0 Å². The van der Waals surface area contributed by atoms with Gasteiger partial charge < -0.3 is 9.30 Å². The zero-order chi connectivity index (χ0) is 20.9. The second-order valence-electron chi connectivity index (χ2n) is 8.72. The summed E-state index contributed by atoms with van der Waals surface area (Å²) < 4.78 is 9.77. The lowest BCUT2D eigenvalue weighted by Gasteiger charge is -2.36. The SMILES string of the molecule is COc1ccc(CN2C3CCC2c2cnc4cc(C)nn4c2C3)cc1Cn1ccnc1. The Hall–Kier alpha value is -3.19. The highest BCUT2D eigenvalue weighted by atomic mass is 16.5. The molecule has 1 fully saturated rings. The molecule has 7 nitrogen and oxygen atoms in total. The molecule has 0 spiro atoms. The molecule has 0 N–H and O–H groups in total. The maximum absolute atomic E-state index is 5.62. The lowest BCUT2D eigenvalue weighted by molar-refractivity contribution is 0.165. The zero-order valence-electron chi connectivity index (χ0n) is 17.9. The number of benzene rings is 1. The molecule has 0 radical (unpaired) electrons. The molecule has 158 valence electrons. The largest absolute Gasteiger partial charge is 0.496 e. The molecule has 0 saturated carbocycles. The van der Waals surface area contributed by atoms with Crippen molar-refractivity contribution in [1.82, 2.24) is 29.0 Å². The van der Waals surface area contributed by atoms with Crippen molar-refractivity contribution < 1.29 is 4.74 Å². The Balaban J connectivity index is 1.31. The number of ether oxygens (including phenoxy) is 1. The van der Waals surface area contributed by atoms with Crippen molar-refractivity contribution in [1.29, 1.82) is 0 Å². The standard InChI is InChI=1S/C24H26N6O/c1-16-9-24-26-12-20-21-5-4-19(11-22(20)30(24)27-16)29(21)13-17-3-6-23(31-2)18(10-17)14-28-8-7-25-15-28/h3,6-10,12,15,19,21H,4-5,11,13-14H2,1-2H3. The summed E-state index contributed by atoms with van der Waals surface area (Å²) >= 11 is 0. The number of hydrogen-bond donors (Lipinski definition) is 0. The Morgan fingerprint density at radius 3 is 2.94 bits per heavy atom. The molecule has 6 rings (SSSR count). The molecule has 0 amide bonds. The summed E-state index contributed by atoms with van der Waals surface area (Å²) in [5.41, 5.74) is 7.18. The van der Waals surface area contributed by atoms with Gasteiger partial charge in [0.15, 0.2) is 5.65 Å². The van der Waals surface area contributed by atoms with Crippen LogP contribution in [0.2, 0.25) is 0 Å². The van der Waals surface area contributed by atoms with Crippen LogP contribution in [0.25, 0.3) is 5.65 Å². The molecule has 5 heterocycles. The quantitative estimate of drug-likeness (QED) is 0.500. The van der Waals surface area contributed by atoms with Crippen LogP contribution in [-0.4, -0.2) is 42.2 Å². The van der Waals surface area contributed by atoms with Gasteiger partial charge >= 0.3 is 0 Å². The number of imidazole rings is 1. The van der Waals surface area contributed by atoms with E-state index in [1.807, 2.05) is 25.6 Å². The first-order valence-corrected chi connectivity index (χ1v) is 10.9. The number of hydrogen-bond acceptors (Lipinski definition) is 5. The molecule has 31 heavy (non-hydrogen) atoms. The van der Waals surface area contributed by atoms with E-state index in [0.29, 0.717) is 12.1 Å². The minimum Gasteiger partial charge on any atom is -0.496 e. The number of aromatic nitrogens is 5. The fraction of sp³-hybridized carbons (Fsp3) is 0.375. The van der Waals surface area contributed by atoms with Gasteiger partial charge in [-0.3, -0.25) is 4.90 Å². The van der Waals surface area contributed by atoms with E-state index in [9.17, 15) is 0 Å². The number of rotatable bonds is 5. The highest BCUT2D eigenvalue weighted by Crippen LogP contribution is 2.44. The molecule has 2 aliphatic heterocycles. The molecule has 7 heteroatoms. The van der Waals surface area contributed by atoms with Gasteiger partial charge in [-0.25, -0.2) is 14.5 Å². The average Bonchev–Trinajstić information content (AvgIpc) is 3.47. The number of fused-ring (bicyclic) bond motifs is 6. The summed E-state index contributed by atoms with van der Waals surface area (Å²) in [6, 6.07) is 9.60. The third-order valence-corrected chi connectivity index (χ3v) is 6.79. The average molecular weight is 415 g/mol. The van der Waals surface area contributed by atoms with Crippen LogP contribution in [0.15, 0.2) is 49.2 Å². The summed E-state index contributed by atoms with van der Waals surface area (Å²) in [7, 11) is 1.74. The second kappa shape index (κ2) is 7.20. The Labute approximate surface area is 181 Å². The monoisotopic (exact) mass is 414 g/mol. The van der Waals surface area contributed by atoms with Crippen LogP contribution < -0.4 is 4.74 Å². The molecule has 1 saturated heterocycles. The minimum absolute atomic E-state index is 0.411. The fourth-order valence-electron chi connectivity index (χ4n) is 5.39. The number of nitrogens with zero attached hydrogens (tertiary/aromatic N) is 6. The topological polar surface area (TPSA) is 60.5 Å². The van der Waals surface area contributed by atoms with Gasteiger partial charge in [0.1, 0.15) is 5.75 Å². The second-order valence-corrected chi connectivity index (χ2v) is 8.72. The Morgan fingerprint density at radius 1 is 1.16 bits per heavy atom. The summed E-state index contributed by atoms with van der Waals surface area (Å²) in [4.78, 5) is 11.5. The normalized spacial score (nSPS) is 20.3. The van der Waals surface area contributed by atoms with Crippen molar-refractivity contribution >= 4 is 5.65 Å².